The molecule has 4 heteroatoms. The normalized spacial score (nSPS) is 13.2. The molecule has 0 saturated carbocycles. The summed E-state index contributed by atoms with van der Waals surface area (Å²) in [4.78, 5) is 6.67. The lowest BCUT2D eigenvalue weighted by Crippen LogP contribution is -2.32. The number of hydrogen-bond donors (Lipinski definition) is 1. The standard InChI is InChI=1S/C12H23N3S/c1-4-6-13-7-5-11(2)15(3)8-12-9-16-10-14-12/h9-11,13H,4-8H2,1-3H3. The molecule has 1 unspecified atom stereocenters. The summed E-state index contributed by atoms with van der Waals surface area (Å²) in [6.45, 7) is 7.67. The minimum absolute atomic E-state index is 0.603. The molecule has 16 heavy (non-hydrogen) atoms. The fourth-order valence-electron chi connectivity index (χ4n) is 1.56. The van der Waals surface area contributed by atoms with Crippen LogP contribution in [0.1, 0.15) is 32.4 Å². The van der Waals surface area contributed by atoms with E-state index in [1.807, 2.05) is 5.51 Å². The van der Waals surface area contributed by atoms with Crippen molar-refractivity contribution in [1.82, 2.24) is 15.2 Å². The Balaban J connectivity index is 2.17. The highest BCUT2D eigenvalue weighted by molar-refractivity contribution is 7.07. The van der Waals surface area contributed by atoms with E-state index in [0.717, 1.165) is 19.6 Å². The van der Waals surface area contributed by atoms with Crippen molar-refractivity contribution in [2.45, 2.75) is 39.3 Å². The monoisotopic (exact) mass is 241 g/mol. The number of hydrogen-bond acceptors (Lipinski definition) is 4. The van der Waals surface area contributed by atoms with Gasteiger partial charge in [-0.25, -0.2) is 4.98 Å². The Labute approximate surface area is 103 Å². The minimum atomic E-state index is 0.603. The van der Waals surface area contributed by atoms with Gasteiger partial charge in [-0.3, -0.25) is 4.90 Å². The summed E-state index contributed by atoms with van der Waals surface area (Å²) in [5.41, 5.74) is 3.08. The van der Waals surface area contributed by atoms with E-state index in [1.54, 1.807) is 11.3 Å². The van der Waals surface area contributed by atoms with Crippen molar-refractivity contribution in [3.8, 4) is 0 Å². The molecule has 1 heterocycles. The van der Waals surface area contributed by atoms with Crippen LogP contribution in [0.3, 0.4) is 0 Å². The molecule has 0 fully saturated rings. The molecule has 1 aromatic heterocycles. The van der Waals surface area contributed by atoms with Gasteiger partial charge in [-0.1, -0.05) is 6.92 Å². The van der Waals surface area contributed by atoms with Crippen LogP contribution in [-0.2, 0) is 6.54 Å². The molecule has 0 amide bonds. The molecule has 1 atom stereocenters. The van der Waals surface area contributed by atoms with Crippen molar-refractivity contribution in [3.05, 3.63) is 16.6 Å². The van der Waals surface area contributed by atoms with E-state index in [9.17, 15) is 0 Å². The van der Waals surface area contributed by atoms with Crippen LogP contribution >= 0.6 is 11.3 Å². The summed E-state index contributed by atoms with van der Waals surface area (Å²) in [7, 11) is 2.17. The molecule has 1 aromatic rings. The van der Waals surface area contributed by atoms with Crippen LogP contribution in [-0.4, -0.2) is 36.1 Å². The first-order valence-electron chi connectivity index (χ1n) is 6.02. The molecule has 0 aliphatic carbocycles. The van der Waals surface area contributed by atoms with Gasteiger partial charge in [-0.15, -0.1) is 11.3 Å². The SMILES string of the molecule is CCCNCCC(C)N(C)Cc1cscn1. The van der Waals surface area contributed by atoms with Gasteiger partial charge in [-0.2, -0.15) is 0 Å². The Bertz CT molecular complexity index is 261. The lowest BCUT2D eigenvalue weighted by atomic mass is 10.2. The third-order valence-electron chi connectivity index (χ3n) is 2.81. The van der Waals surface area contributed by atoms with Crippen molar-refractivity contribution in [3.63, 3.8) is 0 Å². The third kappa shape index (κ3) is 5.05. The molecule has 1 N–H and O–H groups in total. The van der Waals surface area contributed by atoms with E-state index in [0.29, 0.717) is 6.04 Å². The first-order valence-corrected chi connectivity index (χ1v) is 6.96. The largest absolute Gasteiger partial charge is 0.317 e. The van der Waals surface area contributed by atoms with Crippen LogP contribution in [0.25, 0.3) is 0 Å². The summed E-state index contributed by atoms with van der Waals surface area (Å²) in [6.07, 6.45) is 2.41. The van der Waals surface area contributed by atoms with Crippen LogP contribution in [0.4, 0.5) is 0 Å². The summed E-state index contributed by atoms with van der Waals surface area (Å²) >= 11 is 1.67. The second kappa shape index (κ2) is 7.76. The first-order chi connectivity index (χ1) is 7.74. The first kappa shape index (κ1) is 13.6. The zero-order valence-electron chi connectivity index (χ0n) is 10.6. The second-order valence-corrected chi connectivity index (χ2v) is 5.00. The van der Waals surface area contributed by atoms with E-state index in [4.69, 9.17) is 0 Å². The third-order valence-corrected chi connectivity index (χ3v) is 3.45. The zero-order chi connectivity index (χ0) is 11.8. The molecule has 3 nitrogen and oxygen atoms in total. The number of nitrogens with one attached hydrogen (secondary N) is 1. The summed E-state index contributed by atoms with van der Waals surface area (Å²) in [6, 6.07) is 0.603. The minimum Gasteiger partial charge on any atom is -0.317 e. The van der Waals surface area contributed by atoms with E-state index in [-0.39, 0.29) is 0 Å². The van der Waals surface area contributed by atoms with Crippen molar-refractivity contribution in [2.24, 2.45) is 0 Å². The van der Waals surface area contributed by atoms with Crippen molar-refractivity contribution >= 4 is 11.3 Å². The van der Waals surface area contributed by atoms with Crippen molar-refractivity contribution < 1.29 is 0 Å². The van der Waals surface area contributed by atoms with Gasteiger partial charge in [0, 0.05) is 18.0 Å². The van der Waals surface area contributed by atoms with Gasteiger partial charge >= 0.3 is 0 Å². The fraction of sp³-hybridized carbons (Fsp3) is 0.750. The molecule has 0 aliphatic rings. The maximum atomic E-state index is 4.31. The quantitative estimate of drug-likeness (QED) is 0.708. The molecule has 0 aliphatic heterocycles. The Morgan fingerprint density at radius 2 is 2.31 bits per heavy atom. The molecule has 0 aromatic carbocycles. The average Bonchev–Trinajstić information content (AvgIpc) is 2.76. The van der Waals surface area contributed by atoms with E-state index in [2.05, 4.69) is 41.5 Å². The Hall–Kier alpha value is -0.450. The molecule has 92 valence electrons. The Morgan fingerprint density at radius 1 is 1.50 bits per heavy atom. The van der Waals surface area contributed by atoms with Crippen LogP contribution in [0.15, 0.2) is 10.9 Å². The molecule has 0 saturated heterocycles. The van der Waals surface area contributed by atoms with Crippen LogP contribution in [0.5, 0.6) is 0 Å². The van der Waals surface area contributed by atoms with E-state index >= 15 is 0 Å². The van der Waals surface area contributed by atoms with Gasteiger partial charge in [0.2, 0.25) is 0 Å². The van der Waals surface area contributed by atoms with Crippen molar-refractivity contribution in [1.29, 1.82) is 0 Å². The summed E-state index contributed by atoms with van der Waals surface area (Å²) < 4.78 is 0. The smallest absolute Gasteiger partial charge is 0.0795 e. The molecule has 0 bridgehead atoms. The Morgan fingerprint density at radius 3 is 2.94 bits per heavy atom. The molecular formula is C12H23N3S. The Kier molecular flexibility index (Phi) is 6.61. The fourth-order valence-corrected chi connectivity index (χ4v) is 2.11. The van der Waals surface area contributed by atoms with Gasteiger partial charge < -0.3 is 5.32 Å². The maximum absolute atomic E-state index is 4.31. The lowest BCUT2D eigenvalue weighted by molar-refractivity contribution is 0.234. The van der Waals surface area contributed by atoms with E-state index in [1.165, 1.54) is 18.5 Å². The molecule has 0 spiro atoms. The number of nitrogens with zero attached hydrogens (tertiary/aromatic N) is 2. The zero-order valence-corrected chi connectivity index (χ0v) is 11.4. The van der Waals surface area contributed by atoms with E-state index < -0.39 is 0 Å². The summed E-state index contributed by atoms with van der Waals surface area (Å²) in [5, 5.41) is 5.56. The predicted octanol–water partition coefficient (Wildman–Crippen LogP) is 2.35. The van der Waals surface area contributed by atoms with Gasteiger partial charge in [0.05, 0.1) is 11.2 Å². The van der Waals surface area contributed by atoms with Crippen LogP contribution in [0.2, 0.25) is 0 Å². The van der Waals surface area contributed by atoms with Crippen LogP contribution < -0.4 is 5.32 Å². The number of thiazole rings is 1. The van der Waals surface area contributed by atoms with Gasteiger partial charge in [0.15, 0.2) is 0 Å². The maximum Gasteiger partial charge on any atom is 0.0795 e. The summed E-state index contributed by atoms with van der Waals surface area (Å²) in [5.74, 6) is 0. The molecule has 1 rings (SSSR count). The van der Waals surface area contributed by atoms with Crippen LogP contribution in [0, 0.1) is 0 Å². The highest BCUT2D eigenvalue weighted by Gasteiger charge is 2.09. The van der Waals surface area contributed by atoms with Crippen molar-refractivity contribution in [2.75, 3.05) is 20.1 Å². The lowest BCUT2D eigenvalue weighted by Gasteiger charge is -2.23. The highest BCUT2D eigenvalue weighted by Crippen LogP contribution is 2.08. The van der Waals surface area contributed by atoms with Gasteiger partial charge in [-0.05, 0) is 39.9 Å². The van der Waals surface area contributed by atoms with Gasteiger partial charge in [0.25, 0.3) is 0 Å². The highest BCUT2D eigenvalue weighted by atomic mass is 32.1. The molecular weight excluding hydrogens is 218 g/mol. The second-order valence-electron chi connectivity index (χ2n) is 4.28. The number of rotatable bonds is 8. The average molecular weight is 241 g/mol. The number of aromatic nitrogens is 1. The van der Waals surface area contributed by atoms with Gasteiger partial charge in [0.1, 0.15) is 0 Å². The predicted molar refractivity (Wildman–Crippen MR) is 70.8 cm³/mol. The molecule has 0 radical (unpaired) electrons. The topological polar surface area (TPSA) is 28.2 Å².